The fraction of sp³-hybridized carbons (Fsp3) is 0.417. The molecule has 178 valence electrons. The normalized spacial score (nSPS) is 25.1. The number of hydrogen-bond acceptors (Lipinski definition) is 8. The lowest BCUT2D eigenvalue weighted by Gasteiger charge is -2.34. The average Bonchev–Trinajstić information content (AvgIpc) is 3.54. The Hall–Kier alpha value is -3.03. The summed E-state index contributed by atoms with van der Waals surface area (Å²) in [5, 5.41) is 0.305. The first-order valence-electron chi connectivity index (χ1n) is 10.7. The smallest absolute Gasteiger partial charge is 0.233 e. The average molecular weight is 487 g/mol. The van der Waals surface area contributed by atoms with Crippen LogP contribution in [0, 0.1) is 29.9 Å². The summed E-state index contributed by atoms with van der Waals surface area (Å²) in [6, 6.07) is 2.51. The van der Waals surface area contributed by atoms with E-state index in [1.807, 2.05) is 6.92 Å². The van der Waals surface area contributed by atoms with Gasteiger partial charge >= 0.3 is 0 Å². The number of carbonyl (C=O) groups excluding carboxylic acids is 1. The fourth-order valence-corrected chi connectivity index (χ4v) is 5.82. The Bertz CT molecular complexity index is 1180. The SMILES string of the molecule is C#CCOc1cnc(C(=O)Cc2cc(F)c(F)c([C@@]3(C)N=C(N)S[C@@]4(COCC)C[C@H]43)c2)cn1. The molecule has 0 bridgehead atoms. The zero-order valence-corrected chi connectivity index (χ0v) is 19.6. The van der Waals surface area contributed by atoms with Gasteiger partial charge in [0.25, 0.3) is 0 Å². The number of amidine groups is 1. The van der Waals surface area contributed by atoms with Gasteiger partial charge in [-0.3, -0.25) is 9.79 Å². The fourth-order valence-electron chi connectivity index (χ4n) is 4.40. The standard InChI is InChI=1S/C24H24F2N4O3S/c1-4-6-33-20-12-28-17(11-29-20)18(31)9-14-7-15(21(26)16(25)8-14)23(3)19-10-24(19,13-32-5-2)34-22(27)30-23/h1,7-8,11-12,19H,5-6,9-10,13H2,2-3H3,(H2,27,30)/t19-,23+,24+/m0/s1. The lowest BCUT2D eigenvalue weighted by atomic mass is 9.84. The number of rotatable bonds is 9. The zero-order chi connectivity index (χ0) is 24.5. The number of nitrogens with two attached hydrogens (primary N) is 1. The summed E-state index contributed by atoms with van der Waals surface area (Å²) in [6.45, 7) is 4.67. The van der Waals surface area contributed by atoms with Gasteiger partial charge in [0.2, 0.25) is 5.88 Å². The van der Waals surface area contributed by atoms with Gasteiger partial charge in [-0.15, -0.1) is 6.42 Å². The minimum Gasteiger partial charge on any atom is -0.463 e. The number of fused-ring (bicyclic) bond motifs is 1. The van der Waals surface area contributed by atoms with Crippen LogP contribution in [-0.4, -0.2) is 45.5 Å². The van der Waals surface area contributed by atoms with Gasteiger partial charge in [-0.1, -0.05) is 17.7 Å². The van der Waals surface area contributed by atoms with E-state index < -0.39 is 23.0 Å². The van der Waals surface area contributed by atoms with Crippen LogP contribution in [0.5, 0.6) is 5.88 Å². The van der Waals surface area contributed by atoms with Crippen LogP contribution in [0.15, 0.2) is 29.5 Å². The number of ether oxygens (including phenoxy) is 2. The van der Waals surface area contributed by atoms with Gasteiger partial charge in [0.05, 0.1) is 29.3 Å². The summed E-state index contributed by atoms with van der Waals surface area (Å²) >= 11 is 1.42. The van der Waals surface area contributed by atoms with E-state index in [0.717, 1.165) is 6.07 Å². The van der Waals surface area contributed by atoms with Gasteiger partial charge in [0.15, 0.2) is 29.2 Å². The molecule has 0 spiro atoms. The van der Waals surface area contributed by atoms with Crippen molar-refractivity contribution in [3.63, 3.8) is 0 Å². The van der Waals surface area contributed by atoms with Crippen molar-refractivity contribution in [2.75, 3.05) is 19.8 Å². The van der Waals surface area contributed by atoms with Crippen molar-refractivity contribution in [3.8, 4) is 18.2 Å². The van der Waals surface area contributed by atoms with Crippen molar-refractivity contribution >= 4 is 22.7 Å². The van der Waals surface area contributed by atoms with E-state index in [4.69, 9.17) is 21.6 Å². The largest absolute Gasteiger partial charge is 0.463 e. The number of benzene rings is 1. The number of aliphatic imine (C=N–C) groups is 1. The molecule has 0 radical (unpaired) electrons. The molecule has 1 saturated carbocycles. The molecule has 4 rings (SSSR count). The molecule has 2 aromatic rings. The van der Waals surface area contributed by atoms with Crippen molar-refractivity contribution in [2.45, 2.75) is 37.0 Å². The summed E-state index contributed by atoms with van der Waals surface area (Å²) in [5.41, 5.74) is 5.47. The molecule has 2 heterocycles. The summed E-state index contributed by atoms with van der Waals surface area (Å²) in [6.07, 6.45) is 8.19. The number of aromatic nitrogens is 2. The predicted molar refractivity (Wildman–Crippen MR) is 125 cm³/mol. The number of hydrogen-bond donors (Lipinski definition) is 1. The third kappa shape index (κ3) is 4.50. The van der Waals surface area contributed by atoms with Crippen molar-refractivity contribution in [1.82, 2.24) is 9.97 Å². The van der Waals surface area contributed by atoms with Crippen LogP contribution in [-0.2, 0) is 16.7 Å². The highest BCUT2D eigenvalue weighted by atomic mass is 32.2. The van der Waals surface area contributed by atoms with Crippen LogP contribution >= 0.6 is 11.8 Å². The number of Topliss-reactive ketones (excluding diaryl/α,β-unsaturated/α-hetero) is 1. The predicted octanol–water partition coefficient (Wildman–Crippen LogP) is 3.26. The summed E-state index contributed by atoms with van der Waals surface area (Å²) in [4.78, 5) is 25.3. The van der Waals surface area contributed by atoms with Crippen LogP contribution in [0.2, 0.25) is 0 Å². The number of nitrogens with zero attached hydrogens (tertiary/aromatic N) is 3. The van der Waals surface area contributed by atoms with E-state index in [1.165, 1.54) is 30.2 Å². The molecule has 1 aromatic carbocycles. The lowest BCUT2D eigenvalue weighted by Crippen LogP contribution is -2.38. The highest BCUT2D eigenvalue weighted by molar-refractivity contribution is 8.15. The quantitative estimate of drug-likeness (QED) is 0.429. The van der Waals surface area contributed by atoms with Crippen LogP contribution in [0.4, 0.5) is 8.78 Å². The monoisotopic (exact) mass is 486 g/mol. The highest BCUT2D eigenvalue weighted by Crippen LogP contribution is 2.66. The van der Waals surface area contributed by atoms with Gasteiger partial charge in [0.1, 0.15) is 5.69 Å². The topological polar surface area (TPSA) is 99.7 Å². The van der Waals surface area contributed by atoms with Gasteiger partial charge < -0.3 is 15.2 Å². The Morgan fingerprint density at radius 3 is 2.82 bits per heavy atom. The Morgan fingerprint density at radius 2 is 2.15 bits per heavy atom. The van der Waals surface area contributed by atoms with Gasteiger partial charge in [-0.2, -0.15) is 0 Å². The molecule has 1 aromatic heterocycles. The van der Waals surface area contributed by atoms with Crippen molar-refractivity contribution < 1.29 is 23.0 Å². The number of carbonyl (C=O) groups is 1. The van der Waals surface area contributed by atoms with Gasteiger partial charge in [-0.25, -0.2) is 18.7 Å². The third-order valence-corrected chi connectivity index (χ3v) is 7.40. The molecule has 2 N–H and O–H groups in total. The maximum Gasteiger partial charge on any atom is 0.233 e. The van der Waals surface area contributed by atoms with Crippen molar-refractivity contribution in [1.29, 1.82) is 0 Å². The summed E-state index contributed by atoms with van der Waals surface area (Å²) in [7, 11) is 0. The number of thioether (sulfide) groups is 1. The second kappa shape index (κ2) is 9.31. The number of ketones is 1. The highest BCUT2D eigenvalue weighted by Gasteiger charge is 2.66. The first-order valence-corrected chi connectivity index (χ1v) is 11.6. The molecule has 1 aliphatic carbocycles. The third-order valence-electron chi connectivity index (χ3n) is 6.12. The summed E-state index contributed by atoms with van der Waals surface area (Å²) in [5.74, 6) is -0.0353. The first-order chi connectivity index (χ1) is 16.2. The molecule has 1 aliphatic heterocycles. The van der Waals surface area contributed by atoms with E-state index in [9.17, 15) is 9.18 Å². The van der Waals surface area contributed by atoms with Crippen LogP contribution in [0.25, 0.3) is 0 Å². The molecule has 0 unspecified atom stereocenters. The molecule has 34 heavy (non-hydrogen) atoms. The maximum atomic E-state index is 15.1. The van der Waals surface area contributed by atoms with Crippen LogP contribution < -0.4 is 10.5 Å². The van der Waals surface area contributed by atoms with E-state index >= 15 is 4.39 Å². The second-order valence-electron chi connectivity index (χ2n) is 8.43. The first kappa shape index (κ1) is 24.1. The molecule has 0 saturated heterocycles. The molecular weight excluding hydrogens is 462 g/mol. The molecule has 1 fully saturated rings. The number of halogens is 2. The van der Waals surface area contributed by atoms with E-state index in [1.54, 1.807) is 6.92 Å². The zero-order valence-electron chi connectivity index (χ0n) is 18.8. The van der Waals surface area contributed by atoms with E-state index in [-0.39, 0.29) is 40.8 Å². The lowest BCUT2D eigenvalue weighted by molar-refractivity contribution is 0.0987. The molecule has 0 amide bonds. The van der Waals surface area contributed by atoms with Gasteiger partial charge in [-0.05, 0) is 38.0 Å². The molecule has 2 aliphatic rings. The maximum absolute atomic E-state index is 15.1. The Balaban J connectivity index is 1.60. The van der Waals surface area contributed by atoms with E-state index in [0.29, 0.717) is 30.4 Å². The van der Waals surface area contributed by atoms with E-state index in [2.05, 4.69) is 20.9 Å². The Kier molecular flexibility index (Phi) is 6.60. The summed E-state index contributed by atoms with van der Waals surface area (Å²) < 4.78 is 40.2. The van der Waals surface area contributed by atoms with Crippen molar-refractivity contribution in [2.24, 2.45) is 16.6 Å². The second-order valence-corrected chi connectivity index (χ2v) is 9.87. The minimum absolute atomic E-state index is 0.0245. The van der Waals surface area contributed by atoms with Gasteiger partial charge in [0, 0.05) is 24.5 Å². The van der Waals surface area contributed by atoms with Crippen LogP contribution in [0.1, 0.15) is 41.9 Å². The van der Waals surface area contributed by atoms with Crippen molar-refractivity contribution in [3.05, 3.63) is 53.0 Å². The molecule has 3 atom stereocenters. The molecule has 7 nitrogen and oxygen atoms in total. The Labute approximate surface area is 200 Å². The minimum atomic E-state index is -1.08. The molecule has 10 heteroatoms. The number of terminal acetylenes is 1. The van der Waals surface area contributed by atoms with Crippen LogP contribution in [0.3, 0.4) is 0 Å². The Morgan fingerprint density at radius 1 is 1.35 bits per heavy atom. The molecular formula is C24H24F2N4O3S.